The van der Waals surface area contributed by atoms with Gasteiger partial charge in [0.05, 0.1) is 0 Å². The number of benzene rings is 1. The summed E-state index contributed by atoms with van der Waals surface area (Å²) >= 11 is 0. The Morgan fingerprint density at radius 3 is 2.53 bits per heavy atom. The Hall–Kier alpha value is -1.00. The third-order valence-electron chi connectivity index (χ3n) is 4.12. The second kappa shape index (κ2) is 6.44. The first-order chi connectivity index (χ1) is 9.15. The minimum atomic E-state index is -0.804. The summed E-state index contributed by atoms with van der Waals surface area (Å²) in [7, 11) is 0. The third kappa shape index (κ3) is 3.31. The topological polar surface area (TPSA) is 29.3 Å². The molecule has 1 fully saturated rings. The average molecular weight is 268 g/mol. The molecule has 0 spiro atoms. The van der Waals surface area contributed by atoms with Crippen molar-refractivity contribution in [3.05, 3.63) is 35.4 Å². The zero-order valence-corrected chi connectivity index (χ0v) is 11.4. The predicted octanol–water partition coefficient (Wildman–Crippen LogP) is 3.09. The molecule has 0 heterocycles. The molecule has 2 rings (SSSR count). The van der Waals surface area contributed by atoms with Gasteiger partial charge in [0.25, 0.3) is 0 Å². The van der Waals surface area contributed by atoms with Gasteiger partial charge in [0, 0.05) is 19.1 Å². The molecule has 1 saturated carbocycles. The molecular weight excluding hydrogens is 246 g/mol. The van der Waals surface area contributed by atoms with Gasteiger partial charge in [0.15, 0.2) is 11.6 Å². The van der Waals surface area contributed by atoms with E-state index < -0.39 is 11.6 Å². The van der Waals surface area contributed by atoms with Crippen molar-refractivity contribution in [1.29, 1.82) is 0 Å². The van der Waals surface area contributed by atoms with Crippen molar-refractivity contribution in [3.63, 3.8) is 0 Å². The molecule has 4 heteroatoms. The number of likely N-dealkylation sites (N-methyl/N-ethyl adjacent to an activating group) is 1. The van der Waals surface area contributed by atoms with Crippen LogP contribution in [0.3, 0.4) is 0 Å². The molecule has 0 aliphatic heterocycles. The summed E-state index contributed by atoms with van der Waals surface area (Å²) < 4.78 is 26.4. The number of nitrogens with zero attached hydrogens (tertiary/aromatic N) is 1. The summed E-state index contributed by atoms with van der Waals surface area (Å²) in [6.07, 6.45) is 3.85. The molecule has 1 aromatic rings. The van der Waals surface area contributed by atoms with E-state index >= 15 is 0 Å². The van der Waals surface area contributed by atoms with E-state index in [4.69, 9.17) is 5.73 Å². The monoisotopic (exact) mass is 268 g/mol. The fourth-order valence-corrected chi connectivity index (χ4v) is 2.70. The van der Waals surface area contributed by atoms with Crippen LogP contribution in [-0.2, 0) is 0 Å². The van der Waals surface area contributed by atoms with Crippen LogP contribution in [0.1, 0.15) is 37.8 Å². The third-order valence-corrected chi connectivity index (χ3v) is 4.12. The van der Waals surface area contributed by atoms with E-state index in [0.717, 1.165) is 24.6 Å². The Balaban J connectivity index is 2.13. The highest BCUT2D eigenvalue weighted by atomic mass is 19.2. The lowest BCUT2D eigenvalue weighted by molar-refractivity contribution is 0.141. The standard InChI is InChI=1S/C15H22F2N2/c1-2-19(10-11-4-3-5-11)15(9-18)12-6-7-13(16)14(17)8-12/h6-8,11,15H,2-5,9-10,18H2,1H3. The van der Waals surface area contributed by atoms with Crippen molar-refractivity contribution in [1.82, 2.24) is 4.90 Å². The maximum atomic E-state index is 13.3. The summed E-state index contributed by atoms with van der Waals surface area (Å²) in [4.78, 5) is 2.27. The fourth-order valence-electron chi connectivity index (χ4n) is 2.70. The average Bonchev–Trinajstić information content (AvgIpc) is 2.36. The van der Waals surface area contributed by atoms with Gasteiger partial charge in [0.1, 0.15) is 0 Å². The van der Waals surface area contributed by atoms with Crippen molar-refractivity contribution in [3.8, 4) is 0 Å². The van der Waals surface area contributed by atoms with Gasteiger partial charge in [-0.05, 0) is 43.0 Å². The first-order valence-electron chi connectivity index (χ1n) is 7.04. The van der Waals surface area contributed by atoms with E-state index in [1.807, 2.05) is 0 Å². The molecule has 0 amide bonds. The number of hydrogen-bond acceptors (Lipinski definition) is 2. The highest BCUT2D eigenvalue weighted by Gasteiger charge is 2.25. The van der Waals surface area contributed by atoms with Gasteiger partial charge < -0.3 is 5.73 Å². The van der Waals surface area contributed by atoms with E-state index in [0.29, 0.717) is 6.54 Å². The number of rotatable bonds is 6. The minimum absolute atomic E-state index is 0.0271. The zero-order chi connectivity index (χ0) is 13.8. The highest BCUT2D eigenvalue weighted by Crippen LogP contribution is 2.30. The Morgan fingerprint density at radius 2 is 2.05 bits per heavy atom. The molecule has 1 aromatic carbocycles. The van der Waals surface area contributed by atoms with Crippen molar-refractivity contribution in [2.75, 3.05) is 19.6 Å². The van der Waals surface area contributed by atoms with Crippen LogP contribution in [0.4, 0.5) is 8.78 Å². The van der Waals surface area contributed by atoms with Gasteiger partial charge in [-0.15, -0.1) is 0 Å². The first kappa shape index (κ1) is 14.4. The van der Waals surface area contributed by atoms with Gasteiger partial charge in [-0.1, -0.05) is 19.4 Å². The molecule has 0 saturated heterocycles. The van der Waals surface area contributed by atoms with E-state index in [2.05, 4.69) is 11.8 Å². The van der Waals surface area contributed by atoms with Crippen LogP contribution in [-0.4, -0.2) is 24.5 Å². The van der Waals surface area contributed by atoms with E-state index in [9.17, 15) is 8.78 Å². The summed E-state index contributed by atoms with van der Waals surface area (Å²) in [6, 6.07) is 4.07. The number of halogens is 2. The molecule has 19 heavy (non-hydrogen) atoms. The van der Waals surface area contributed by atoms with Crippen LogP contribution in [0, 0.1) is 17.6 Å². The van der Waals surface area contributed by atoms with Gasteiger partial charge in [-0.25, -0.2) is 8.78 Å². The Kier molecular flexibility index (Phi) is 4.88. The van der Waals surface area contributed by atoms with E-state index in [1.165, 1.54) is 31.4 Å². The summed E-state index contributed by atoms with van der Waals surface area (Å²) in [5.41, 5.74) is 6.61. The normalized spacial score (nSPS) is 17.5. The Labute approximate surface area is 113 Å². The largest absolute Gasteiger partial charge is 0.329 e. The van der Waals surface area contributed by atoms with Crippen molar-refractivity contribution >= 4 is 0 Å². The molecule has 1 aliphatic carbocycles. The molecule has 1 aliphatic rings. The van der Waals surface area contributed by atoms with E-state index in [-0.39, 0.29) is 6.04 Å². The van der Waals surface area contributed by atoms with Crippen molar-refractivity contribution < 1.29 is 8.78 Å². The smallest absolute Gasteiger partial charge is 0.159 e. The Bertz CT molecular complexity index is 419. The molecule has 1 unspecified atom stereocenters. The molecular formula is C15H22F2N2. The summed E-state index contributed by atoms with van der Waals surface area (Å²) in [5, 5.41) is 0. The lowest BCUT2D eigenvalue weighted by Gasteiger charge is -2.36. The zero-order valence-electron chi connectivity index (χ0n) is 11.4. The van der Waals surface area contributed by atoms with Gasteiger partial charge in [0.2, 0.25) is 0 Å². The van der Waals surface area contributed by atoms with Crippen LogP contribution in [0.5, 0.6) is 0 Å². The lowest BCUT2D eigenvalue weighted by atomic mass is 9.84. The lowest BCUT2D eigenvalue weighted by Crippen LogP contribution is -2.38. The van der Waals surface area contributed by atoms with Crippen molar-refractivity contribution in [2.45, 2.75) is 32.2 Å². The molecule has 0 aromatic heterocycles. The van der Waals surface area contributed by atoms with Crippen LogP contribution in [0.15, 0.2) is 18.2 Å². The van der Waals surface area contributed by atoms with Crippen molar-refractivity contribution in [2.24, 2.45) is 11.7 Å². The minimum Gasteiger partial charge on any atom is -0.329 e. The molecule has 106 valence electrons. The molecule has 2 N–H and O–H groups in total. The fraction of sp³-hybridized carbons (Fsp3) is 0.600. The molecule has 2 nitrogen and oxygen atoms in total. The Morgan fingerprint density at radius 1 is 1.32 bits per heavy atom. The molecule has 1 atom stereocenters. The highest BCUT2D eigenvalue weighted by molar-refractivity contribution is 5.22. The van der Waals surface area contributed by atoms with Crippen LogP contribution >= 0.6 is 0 Å². The predicted molar refractivity (Wildman–Crippen MR) is 72.7 cm³/mol. The maximum absolute atomic E-state index is 13.3. The summed E-state index contributed by atoms with van der Waals surface area (Å²) in [6.45, 7) is 4.38. The molecule has 0 bridgehead atoms. The quantitative estimate of drug-likeness (QED) is 0.859. The second-order valence-corrected chi connectivity index (χ2v) is 5.31. The van der Waals surface area contributed by atoms with Crippen LogP contribution in [0.25, 0.3) is 0 Å². The van der Waals surface area contributed by atoms with Crippen LogP contribution in [0.2, 0.25) is 0 Å². The summed E-state index contributed by atoms with van der Waals surface area (Å²) in [5.74, 6) is -0.864. The molecule has 0 radical (unpaired) electrons. The van der Waals surface area contributed by atoms with E-state index in [1.54, 1.807) is 6.07 Å². The first-order valence-corrected chi connectivity index (χ1v) is 7.04. The maximum Gasteiger partial charge on any atom is 0.159 e. The SMILES string of the molecule is CCN(CC1CCC1)C(CN)c1ccc(F)c(F)c1. The van der Waals surface area contributed by atoms with Crippen LogP contribution < -0.4 is 5.73 Å². The number of nitrogens with two attached hydrogens (primary N) is 1. The van der Waals surface area contributed by atoms with Gasteiger partial charge in [-0.3, -0.25) is 4.90 Å². The van der Waals surface area contributed by atoms with Gasteiger partial charge >= 0.3 is 0 Å². The number of hydrogen-bond donors (Lipinski definition) is 1. The van der Waals surface area contributed by atoms with Gasteiger partial charge in [-0.2, -0.15) is 0 Å². The second-order valence-electron chi connectivity index (χ2n) is 5.31.